The molecule has 23 heavy (non-hydrogen) atoms. The molecule has 2 rings (SSSR count). The molecule has 1 fully saturated rings. The number of H-pyrrole nitrogens is 1. The van der Waals surface area contributed by atoms with Crippen molar-refractivity contribution in [1.29, 1.82) is 0 Å². The lowest BCUT2D eigenvalue weighted by Gasteiger charge is -2.20. The molecule has 0 aromatic carbocycles. The quantitative estimate of drug-likeness (QED) is 0.717. The number of ether oxygens (including phenoxy) is 1. The normalized spacial score (nSPS) is 27.3. The summed E-state index contributed by atoms with van der Waals surface area (Å²) >= 11 is 4.82. The molecule has 4 atom stereocenters. The van der Waals surface area contributed by atoms with Crippen LogP contribution in [-0.2, 0) is 25.6 Å². The molecule has 2 heterocycles. The molecule has 0 amide bonds. The van der Waals surface area contributed by atoms with Gasteiger partial charge in [0.2, 0.25) is 0 Å². The van der Waals surface area contributed by atoms with E-state index in [-0.39, 0.29) is 19.1 Å². The maximum absolute atomic E-state index is 14.1. The number of hydrogen-bond donors (Lipinski definition) is 2. The topological polar surface area (TPSA) is 103 Å². The molecule has 0 saturated carbocycles. The Kier molecular flexibility index (Phi) is 5.88. The summed E-state index contributed by atoms with van der Waals surface area (Å²) in [5, 5.41) is 0. The number of alkyl halides is 1. The number of nitrogens with one attached hydrogen (secondary N) is 1. The number of rotatable bonds is 6. The Balaban J connectivity index is 2.00. The number of hydrogen-bond acceptors (Lipinski definition) is 6. The number of halogens is 1. The lowest BCUT2D eigenvalue weighted by molar-refractivity contribution is -0.0383. The van der Waals surface area contributed by atoms with E-state index >= 15 is 0 Å². The van der Waals surface area contributed by atoms with Gasteiger partial charge in [0.15, 0.2) is 6.23 Å². The van der Waals surface area contributed by atoms with E-state index in [4.69, 9.17) is 25.6 Å². The number of nitrogens with zero attached hydrogens (tertiary/aromatic N) is 1. The smallest absolute Gasteiger partial charge is 0.330 e. The molecule has 130 valence electrons. The van der Waals surface area contributed by atoms with Crippen LogP contribution in [0.2, 0.25) is 0 Å². The maximum Gasteiger partial charge on any atom is 0.330 e. The second-order valence-electron chi connectivity index (χ2n) is 5.34. The Bertz CT molecular complexity index is 707. The average molecular weight is 368 g/mol. The molecule has 1 aliphatic rings. The van der Waals surface area contributed by atoms with Crippen LogP contribution >= 0.6 is 6.72 Å². The van der Waals surface area contributed by atoms with Gasteiger partial charge in [-0.3, -0.25) is 14.3 Å². The minimum atomic E-state index is -3.41. The van der Waals surface area contributed by atoms with E-state index in [9.17, 15) is 18.9 Å². The van der Waals surface area contributed by atoms with E-state index in [0.29, 0.717) is 0 Å². The van der Waals surface area contributed by atoms with Gasteiger partial charge in [-0.25, -0.2) is 9.18 Å². The van der Waals surface area contributed by atoms with E-state index in [0.717, 1.165) is 10.6 Å². The summed E-state index contributed by atoms with van der Waals surface area (Å²) in [7, 11) is 0. The Hall–Kier alpha value is -0.900. The third-order valence-electron chi connectivity index (χ3n) is 3.02. The van der Waals surface area contributed by atoms with E-state index in [1.807, 2.05) is 4.98 Å². The molecule has 2 N–H and O–H groups in total. The zero-order chi connectivity index (χ0) is 17.2. The van der Waals surface area contributed by atoms with Gasteiger partial charge in [0.25, 0.3) is 5.56 Å². The highest BCUT2D eigenvalue weighted by Gasteiger charge is 2.38. The van der Waals surface area contributed by atoms with Crippen molar-refractivity contribution in [3.05, 3.63) is 33.1 Å². The van der Waals surface area contributed by atoms with Crippen LogP contribution in [0, 0.1) is 0 Å². The van der Waals surface area contributed by atoms with Crippen molar-refractivity contribution in [3.63, 3.8) is 0 Å². The van der Waals surface area contributed by atoms with Crippen molar-refractivity contribution in [2.24, 2.45) is 0 Å². The molecular formula is C12H18FN2O6PS. The van der Waals surface area contributed by atoms with Crippen LogP contribution in [0.3, 0.4) is 0 Å². The average Bonchev–Trinajstić information content (AvgIpc) is 2.76. The van der Waals surface area contributed by atoms with Crippen molar-refractivity contribution in [1.82, 2.24) is 9.55 Å². The zero-order valence-electron chi connectivity index (χ0n) is 12.5. The minimum Gasteiger partial charge on any atom is -0.349 e. The van der Waals surface area contributed by atoms with Gasteiger partial charge in [-0.1, -0.05) is 0 Å². The van der Waals surface area contributed by atoms with E-state index in [1.54, 1.807) is 13.8 Å². The van der Waals surface area contributed by atoms with Gasteiger partial charge >= 0.3 is 12.4 Å². The highest BCUT2D eigenvalue weighted by molar-refractivity contribution is 8.07. The van der Waals surface area contributed by atoms with Gasteiger partial charge in [-0.2, -0.15) is 0 Å². The molecule has 0 radical (unpaired) electrons. The second-order valence-corrected chi connectivity index (χ2v) is 8.13. The predicted octanol–water partition coefficient (Wildman–Crippen LogP) is 0.821. The summed E-state index contributed by atoms with van der Waals surface area (Å²) in [5.41, 5.74) is -1.34. The van der Waals surface area contributed by atoms with Crippen molar-refractivity contribution in [2.45, 2.75) is 44.9 Å². The first-order valence-corrected chi connectivity index (χ1v) is 9.54. The molecule has 11 heteroatoms. The monoisotopic (exact) mass is 368 g/mol. The predicted molar refractivity (Wildman–Crippen MR) is 83.4 cm³/mol. The lowest BCUT2D eigenvalue weighted by Crippen LogP contribution is -2.34. The third-order valence-corrected chi connectivity index (χ3v) is 4.76. The zero-order valence-corrected chi connectivity index (χ0v) is 14.3. The highest BCUT2D eigenvalue weighted by Crippen LogP contribution is 2.46. The summed E-state index contributed by atoms with van der Waals surface area (Å²) in [4.78, 5) is 34.5. The molecular weight excluding hydrogens is 350 g/mol. The molecule has 1 aromatic heterocycles. The second kappa shape index (κ2) is 7.33. The molecule has 0 spiro atoms. The Morgan fingerprint density at radius 2 is 2.30 bits per heavy atom. The SMILES string of the molecule is CC(C)OP(O)(=S)OC[C@@H]1C[C@@H](F)[C@H](n2ccc(=O)[nH]c2=O)O1. The Morgan fingerprint density at radius 1 is 1.61 bits per heavy atom. The molecule has 0 bridgehead atoms. The van der Waals surface area contributed by atoms with Crippen molar-refractivity contribution in [2.75, 3.05) is 6.61 Å². The van der Waals surface area contributed by atoms with E-state index < -0.39 is 36.5 Å². The van der Waals surface area contributed by atoms with Crippen LogP contribution in [0.25, 0.3) is 0 Å². The van der Waals surface area contributed by atoms with Crippen LogP contribution in [0.15, 0.2) is 21.9 Å². The highest BCUT2D eigenvalue weighted by atomic mass is 32.5. The van der Waals surface area contributed by atoms with E-state index in [1.165, 1.54) is 6.20 Å². The first-order valence-electron chi connectivity index (χ1n) is 6.94. The lowest BCUT2D eigenvalue weighted by atomic mass is 10.2. The fourth-order valence-corrected chi connectivity index (χ4v) is 3.80. The van der Waals surface area contributed by atoms with Gasteiger partial charge in [-0.15, -0.1) is 0 Å². The Morgan fingerprint density at radius 3 is 2.91 bits per heavy atom. The van der Waals surface area contributed by atoms with Gasteiger partial charge in [0.05, 0.1) is 18.8 Å². The van der Waals surface area contributed by atoms with Crippen LogP contribution in [0.1, 0.15) is 26.5 Å². The van der Waals surface area contributed by atoms with Crippen molar-refractivity contribution < 1.29 is 23.1 Å². The van der Waals surface area contributed by atoms with Gasteiger partial charge < -0.3 is 18.7 Å². The summed E-state index contributed by atoms with van der Waals surface area (Å²) in [5.74, 6) is 0. The first-order chi connectivity index (χ1) is 10.7. The van der Waals surface area contributed by atoms with Gasteiger partial charge in [0.1, 0.15) is 6.17 Å². The van der Waals surface area contributed by atoms with Gasteiger partial charge in [-0.05, 0) is 25.7 Å². The van der Waals surface area contributed by atoms with Crippen molar-refractivity contribution >= 4 is 18.5 Å². The molecule has 1 unspecified atom stereocenters. The third kappa shape index (κ3) is 5.03. The summed E-state index contributed by atoms with van der Waals surface area (Å²) in [6.07, 6.45) is -2.51. The van der Waals surface area contributed by atoms with Crippen LogP contribution in [-0.4, -0.2) is 39.4 Å². The van der Waals surface area contributed by atoms with Crippen LogP contribution in [0.4, 0.5) is 4.39 Å². The minimum absolute atomic E-state index is 0.0345. The summed E-state index contributed by atoms with van der Waals surface area (Å²) < 4.78 is 30.7. The maximum atomic E-state index is 14.1. The molecule has 1 aliphatic heterocycles. The molecule has 8 nitrogen and oxygen atoms in total. The number of aromatic nitrogens is 2. The van der Waals surface area contributed by atoms with Crippen molar-refractivity contribution in [3.8, 4) is 0 Å². The Labute approximate surface area is 136 Å². The fourth-order valence-electron chi connectivity index (χ4n) is 2.15. The van der Waals surface area contributed by atoms with Gasteiger partial charge in [0, 0.05) is 18.7 Å². The summed E-state index contributed by atoms with van der Waals surface area (Å²) in [6.45, 7) is -0.176. The first kappa shape index (κ1) is 18.4. The largest absolute Gasteiger partial charge is 0.349 e. The number of aromatic amines is 1. The standard InChI is InChI=1S/C12H18FN2O6PS/c1-7(2)21-22(18,23)19-6-8-5-9(13)11(20-8)15-4-3-10(16)14-12(15)17/h3-4,7-9,11H,5-6H2,1-2H3,(H,18,23)(H,14,16,17)/t8-,9+,11+,22?/m0/s1. The van der Waals surface area contributed by atoms with E-state index in [2.05, 4.69) is 0 Å². The molecule has 1 saturated heterocycles. The molecule has 1 aromatic rings. The molecule has 0 aliphatic carbocycles. The fraction of sp³-hybridized carbons (Fsp3) is 0.667. The van der Waals surface area contributed by atoms with Crippen LogP contribution < -0.4 is 11.2 Å². The van der Waals surface area contributed by atoms with Crippen LogP contribution in [0.5, 0.6) is 0 Å². The summed E-state index contributed by atoms with van der Waals surface area (Å²) in [6, 6.07) is 1.10.